The Balaban J connectivity index is 2.48. The second kappa shape index (κ2) is 4.84. The normalized spacial score (nSPS) is 11.3. The maximum atomic E-state index is 9.87. The standard InChI is InChI=1S/C15H16O/c1-2-3-4-9-14-13-8-6-5-7-12(13)10-11-15(14)16/h3-8,10-11,16H,2,9H2,1H3/b4-3+. The van der Waals surface area contributed by atoms with Crippen LogP contribution in [-0.2, 0) is 6.42 Å². The number of hydrogen-bond donors (Lipinski definition) is 1. The van der Waals surface area contributed by atoms with E-state index in [4.69, 9.17) is 0 Å². The molecular formula is C15H16O. The van der Waals surface area contributed by atoms with Crippen molar-refractivity contribution in [2.75, 3.05) is 0 Å². The van der Waals surface area contributed by atoms with Crippen LogP contribution in [0.3, 0.4) is 0 Å². The second-order valence-electron chi connectivity index (χ2n) is 3.87. The lowest BCUT2D eigenvalue weighted by molar-refractivity contribution is 0.471. The molecule has 0 aliphatic heterocycles. The molecule has 0 atom stereocenters. The monoisotopic (exact) mass is 212 g/mol. The van der Waals surface area contributed by atoms with Crippen LogP contribution in [0.2, 0.25) is 0 Å². The number of rotatable bonds is 3. The van der Waals surface area contributed by atoms with E-state index in [0.29, 0.717) is 5.75 Å². The smallest absolute Gasteiger partial charge is 0.119 e. The third kappa shape index (κ3) is 2.08. The van der Waals surface area contributed by atoms with E-state index in [1.807, 2.05) is 18.2 Å². The summed E-state index contributed by atoms with van der Waals surface area (Å²) in [6.45, 7) is 2.11. The van der Waals surface area contributed by atoms with Gasteiger partial charge in [-0.15, -0.1) is 0 Å². The van der Waals surface area contributed by atoms with Crippen molar-refractivity contribution >= 4 is 10.8 Å². The molecule has 1 heteroatoms. The fourth-order valence-corrected chi connectivity index (χ4v) is 1.91. The van der Waals surface area contributed by atoms with Crippen LogP contribution in [0.4, 0.5) is 0 Å². The summed E-state index contributed by atoms with van der Waals surface area (Å²) in [6, 6.07) is 11.9. The van der Waals surface area contributed by atoms with Crippen LogP contribution < -0.4 is 0 Å². The lowest BCUT2D eigenvalue weighted by Crippen LogP contribution is -1.85. The molecule has 0 heterocycles. The second-order valence-corrected chi connectivity index (χ2v) is 3.87. The van der Waals surface area contributed by atoms with Crippen LogP contribution in [0.5, 0.6) is 5.75 Å². The van der Waals surface area contributed by atoms with Gasteiger partial charge in [0.15, 0.2) is 0 Å². The highest BCUT2D eigenvalue weighted by Gasteiger charge is 2.04. The molecule has 0 bridgehead atoms. The van der Waals surface area contributed by atoms with Gasteiger partial charge in [-0.3, -0.25) is 0 Å². The molecule has 0 aliphatic rings. The summed E-state index contributed by atoms with van der Waals surface area (Å²) in [5, 5.41) is 12.2. The van der Waals surface area contributed by atoms with Crippen molar-refractivity contribution in [3.8, 4) is 5.75 Å². The summed E-state index contributed by atoms with van der Waals surface area (Å²) in [5.74, 6) is 0.388. The number of allylic oxidation sites excluding steroid dienone is 2. The Morgan fingerprint density at radius 3 is 2.69 bits per heavy atom. The third-order valence-corrected chi connectivity index (χ3v) is 2.74. The van der Waals surface area contributed by atoms with Crippen LogP contribution in [0, 0.1) is 0 Å². The number of phenolic OH excluding ortho intramolecular Hbond substituents is 1. The Hall–Kier alpha value is -1.76. The fourth-order valence-electron chi connectivity index (χ4n) is 1.91. The van der Waals surface area contributed by atoms with Gasteiger partial charge in [-0.05, 0) is 29.7 Å². The number of hydrogen-bond acceptors (Lipinski definition) is 1. The van der Waals surface area contributed by atoms with E-state index in [1.165, 1.54) is 5.39 Å². The first-order valence-electron chi connectivity index (χ1n) is 5.67. The molecule has 0 unspecified atom stereocenters. The molecule has 0 saturated carbocycles. The summed E-state index contributed by atoms with van der Waals surface area (Å²) in [4.78, 5) is 0. The Labute approximate surface area is 96.0 Å². The topological polar surface area (TPSA) is 20.2 Å². The summed E-state index contributed by atoms with van der Waals surface area (Å²) in [5.41, 5.74) is 1.02. The van der Waals surface area contributed by atoms with Crippen LogP contribution >= 0.6 is 0 Å². The van der Waals surface area contributed by atoms with E-state index in [2.05, 4.69) is 31.2 Å². The first-order chi connectivity index (χ1) is 7.83. The first kappa shape index (κ1) is 10.7. The Morgan fingerprint density at radius 2 is 1.88 bits per heavy atom. The van der Waals surface area contributed by atoms with E-state index < -0.39 is 0 Å². The van der Waals surface area contributed by atoms with Gasteiger partial charge in [0.1, 0.15) is 5.75 Å². The molecule has 0 fully saturated rings. The molecule has 2 aromatic carbocycles. The third-order valence-electron chi connectivity index (χ3n) is 2.74. The van der Waals surface area contributed by atoms with Crippen LogP contribution in [-0.4, -0.2) is 5.11 Å². The summed E-state index contributed by atoms with van der Waals surface area (Å²) in [6.07, 6.45) is 6.06. The Bertz CT molecular complexity index is 512. The van der Waals surface area contributed by atoms with Gasteiger partial charge in [0, 0.05) is 5.56 Å². The highest BCUT2D eigenvalue weighted by atomic mass is 16.3. The minimum atomic E-state index is 0.388. The molecule has 16 heavy (non-hydrogen) atoms. The Morgan fingerprint density at radius 1 is 1.06 bits per heavy atom. The van der Waals surface area contributed by atoms with Crippen molar-refractivity contribution in [3.63, 3.8) is 0 Å². The largest absolute Gasteiger partial charge is 0.508 e. The zero-order valence-corrected chi connectivity index (χ0v) is 9.48. The van der Waals surface area contributed by atoms with Crippen molar-refractivity contribution in [3.05, 3.63) is 54.1 Å². The highest BCUT2D eigenvalue weighted by molar-refractivity contribution is 5.87. The summed E-state index contributed by atoms with van der Waals surface area (Å²) < 4.78 is 0. The molecule has 0 spiro atoms. The van der Waals surface area contributed by atoms with E-state index in [0.717, 1.165) is 23.8 Å². The van der Waals surface area contributed by atoms with E-state index in [9.17, 15) is 5.11 Å². The van der Waals surface area contributed by atoms with E-state index in [1.54, 1.807) is 6.07 Å². The van der Waals surface area contributed by atoms with Crippen LogP contribution in [0.1, 0.15) is 18.9 Å². The quantitative estimate of drug-likeness (QED) is 0.761. The van der Waals surface area contributed by atoms with Crippen molar-refractivity contribution in [1.82, 2.24) is 0 Å². The van der Waals surface area contributed by atoms with Gasteiger partial charge in [0.05, 0.1) is 0 Å². The molecule has 0 saturated heterocycles. The van der Waals surface area contributed by atoms with Gasteiger partial charge in [-0.25, -0.2) is 0 Å². The maximum absolute atomic E-state index is 9.87. The number of aromatic hydroxyl groups is 1. The maximum Gasteiger partial charge on any atom is 0.119 e. The molecule has 1 N–H and O–H groups in total. The zero-order chi connectivity index (χ0) is 11.4. The lowest BCUT2D eigenvalue weighted by Gasteiger charge is -2.06. The molecular weight excluding hydrogens is 196 g/mol. The molecule has 2 aromatic rings. The first-order valence-corrected chi connectivity index (χ1v) is 5.67. The van der Waals surface area contributed by atoms with Gasteiger partial charge in [0.2, 0.25) is 0 Å². The van der Waals surface area contributed by atoms with Crippen molar-refractivity contribution in [2.45, 2.75) is 19.8 Å². The van der Waals surface area contributed by atoms with Gasteiger partial charge >= 0.3 is 0 Å². The summed E-state index contributed by atoms with van der Waals surface area (Å²) in [7, 11) is 0. The molecule has 1 nitrogen and oxygen atoms in total. The molecule has 0 radical (unpaired) electrons. The predicted octanol–water partition coefficient (Wildman–Crippen LogP) is 4.05. The zero-order valence-electron chi connectivity index (χ0n) is 9.48. The summed E-state index contributed by atoms with van der Waals surface area (Å²) >= 11 is 0. The fraction of sp³-hybridized carbons (Fsp3) is 0.200. The molecule has 0 aromatic heterocycles. The van der Waals surface area contributed by atoms with Crippen molar-refractivity contribution in [1.29, 1.82) is 0 Å². The van der Waals surface area contributed by atoms with Crippen LogP contribution in [0.15, 0.2) is 48.6 Å². The number of phenols is 1. The minimum absolute atomic E-state index is 0.388. The van der Waals surface area contributed by atoms with Gasteiger partial charge in [0.25, 0.3) is 0 Å². The van der Waals surface area contributed by atoms with E-state index >= 15 is 0 Å². The SMILES string of the molecule is CC/C=C/Cc1c(O)ccc2ccccc12. The molecule has 2 rings (SSSR count). The highest BCUT2D eigenvalue weighted by Crippen LogP contribution is 2.27. The van der Waals surface area contributed by atoms with E-state index in [-0.39, 0.29) is 0 Å². The van der Waals surface area contributed by atoms with Crippen molar-refractivity contribution in [2.24, 2.45) is 0 Å². The van der Waals surface area contributed by atoms with Gasteiger partial charge in [-0.2, -0.15) is 0 Å². The average molecular weight is 212 g/mol. The minimum Gasteiger partial charge on any atom is -0.508 e. The number of benzene rings is 2. The molecule has 0 amide bonds. The Kier molecular flexibility index (Phi) is 3.25. The van der Waals surface area contributed by atoms with Crippen LogP contribution in [0.25, 0.3) is 10.8 Å². The lowest BCUT2D eigenvalue weighted by atomic mass is 10.0. The predicted molar refractivity (Wildman–Crippen MR) is 68.7 cm³/mol. The van der Waals surface area contributed by atoms with Gasteiger partial charge in [-0.1, -0.05) is 49.4 Å². The molecule has 0 aliphatic carbocycles. The molecule has 82 valence electrons. The van der Waals surface area contributed by atoms with Crippen molar-refractivity contribution < 1.29 is 5.11 Å². The number of fused-ring (bicyclic) bond motifs is 1. The average Bonchev–Trinajstić information content (AvgIpc) is 2.32. The van der Waals surface area contributed by atoms with Gasteiger partial charge < -0.3 is 5.11 Å².